The number of carbonyl (C=O) groups is 1. The lowest BCUT2D eigenvalue weighted by Crippen LogP contribution is -2.42. The fourth-order valence-electron chi connectivity index (χ4n) is 4.78. The summed E-state index contributed by atoms with van der Waals surface area (Å²) in [5.41, 5.74) is 3.22. The van der Waals surface area contributed by atoms with Gasteiger partial charge in [0.15, 0.2) is 0 Å². The number of hydrogen-bond acceptors (Lipinski definition) is 7. The highest BCUT2D eigenvalue weighted by molar-refractivity contribution is 6.30. The Bertz CT molecular complexity index is 1150. The highest BCUT2D eigenvalue weighted by atomic mass is 35.5. The summed E-state index contributed by atoms with van der Waals surface area (Å²) in [4.78, 5) is 22.0. The molecule has 2 fully saturated rings. The van der Waals surface area contributed by atoms with Gasteiger partial charge in [-0.05, 0) is 42.6 Å². The maximum Gasteiger partial charge on any atom is 0.241 e. The number of nitrogens with zero attached hydrogens (tertiary/aromatic N) is 4. The largest absolute Gasteiger partial charge is 0.379 e. The van der Waals surface area contributed by atoms with Crippen LogP contribution in [0, 0.1) is 5.92 Å². The van der Waals surface area contributed by atoms with Crippen LogP contribution in [0.15, 0.2) is 53.1 Å². The fourth-order valence-corrected chi connectivity index (χ4v) is 4.97. The predicted octanol–water partition coefficient (Wildman–Crippen LogP) is 3.75. The molecule has 0 aliphatic carbocycles. The fraction of sp³-hybridized carbons (Fsp3) is 0.444. The van der Waals surface area contributed by atoms with E-state index in [9.17, 15) is 4.79 Å². The number of carbonyl (C=O) groups excluding carboxylic acids is 1. The Kier molecular flexibility index (Phi) is 8.28. The maximum atomic E-state index is 12.9. The molecule has 1 amide bonds. The highest BCUT2D eigenvalue weighted by Gasteiger charge is 2.27. The van der Waals surface area contributed by atoms with Crippen LogP contribution >= 0.6 is 11.6 Å². The van der Waals surface area contributed by atoms with Crippen LogP contribution in [0.1, 0.15) is 29.9 Å². The molecule has 2 saturated heterocycles. The third kappa shape index (κ3) is 6.70. The first-order valence-corrected chi connectivity index (χ1v) is 13.0. The van der Waals surface area contributed by atoms with Crippen LogP contribution in [0.4, 0.5) is 0 Å². The predicted molar refractivity (Wildman–Crippen MR) is 137 cm³/mol. The molecule has 1 aromatic heterocycles. The molecule has 9 heteroatoms. The lowest BCUT2D eigenvalue weighted by atomic mass is 9.97. The SMILES string of the molecule is O=C(NCc1ccc(CN2CCOCC2)cc1)C1CCCN(Cc2nc(-c3cccc(Cl)c3)no2)C1. The number of benzene rings is 2. The summed E-state index contributed by atoms with van der Waals surface area (Å²) >= 11 is 6.07. The van der Waals surface area contributed by atoms with Gasteiger partial charge in [0.1, 0.15) is 0 Å². The number of likely N-dealkylation sites (tertiary alicyclic amines) is 1. The third-order valence-electron chi connectivity index (χ3n) is 6.79. The third-order valence-corrected chi connectivity index (χ3v) is 7.02. The van der Waals surface area contributed by atoms with Crippen molar-refractivity contribution in [2.75, 3.05) is 39.4 Å². The van der Waals surface area contributed by atoms with Crippen molar-refractivity contribution in [1.82, 2.24) is 25.3 Å². The smallest absolute Gasteiger partial charge is 0.241 e. The van der Waals surface area contributed by atoms with Gasteiger partial charge in [0.05, 0.1) is 25.7 Å². The molecule has 190 valence electrons. The molecule has 1 atom stereocenters. The van der Waals surface area contributed by atoms with Gasteiger partial charge in [0.2, 0.25) is 17.6 Å². The van der Waals surface area contributed by atoms with Crippen LogP contribution < -0.4 is 5.32 Å². The first-order chi connectivity index (χ1) is 17.6. The molecular formula is C27H32ClN5O3. The molecule has 0 spiro atoms. The van der Waals surface area contributed by atoms with E-state index in [1.165, 1.54) is 5.56 Å². The number of amides is 1. The first kappa shape index (κ1) is 24.9. The standard InChI is InChI=1S/C27H32ClN5O3/c28-24-5-1-3-22(15-24)26-30-25(36-31-26)19-33-10-2-4-23(18-33)27(34)29-16-20-6-8-21(9-7-20)17-32-11-13-35-14-12-32/h1,3,5-9,15,23H,2,4,10-14,16-19H2,(H,29,34). The summed E-state index contributed by atoms with van der Waals surface area (Å²) in [7, 11) is 0. The summed E-state index contributed by atoms with van der Waals surface area (Å²) in [6.07, 6.45) is 1.85. The van der Waals surface area contributed by atoms with Gasteiger partial charge in [0, 0.05) is 43.3 Å². The summed E-state index contributed by atoms with van der Waals surface area (Å²) in [6.45, 7) is 7.17. The van der Waals surface area contributed by atoms with Crippen LogP contribution in [-0.2, 0) is 29.2 Å². The molecule has 36 heavy (non-hydrogen) atoms. The van der Waals surface area contributed by atoms with E-state index in [0.717, 1.165) is 63.4 Å². The number of hydrogen-bond donors (Lipinski definition) is 1. The minimum absolute atomic E-state index is 0.0466. The first-order valence-electron chi connectivity index (χ1n) is 12.6. The Morgan fingerprint density at radius 2 is 1.83 bits per heavy atom. The number of ether oxygens (including phenoxy) is 1. The molecule has 3 aromatic rings. The number of morpholine rings is 1. The Morgan fingerprint density at radius 3 is 2.64 bits per heavy atom. The lowest BCUT2D eigenvalue weighted by molar-refractivity contribution is -0.127. The van der Waals surface area contributed by atoms with E-state index in [1.54, 1.807) is 0 Å². The molecule has 0 radical (unpaired) electrons. The monoisotopic (exact) mass is 509 g/mol. The zero-order chi connectivity index (χ0) is 24.7. The van der Waals surface area contributed by atoms with Crippen molar-refractivity contribution in [2.24, 2.45) is 5.92 Å². The second-order valence-electron chi connectivity index (χ2n) is 9.52. The molecule has 0 bridgehead atoms. The Hall–Kier alpha value is -2.78. The molecule has 0 saturated carbocycles. The summed E-state index contributed by atoms with van der Waals surface area (Å²) in [5.74, 6) is 1.12. The van der Waals surface area contributed by atoms with Crippen molar-refractivity contribution >= 4 is 17.5 Å². The Morgan fingerprint density at radius 1 is 1.03 bits per heavy atom. The van der Waals surface area contributed by atoms with Crippen molar-refractivity contribution in [2.45, 2.75) is 32.5 Å². The van der Waals surface area contributed by atoms with Gasteiger partial charge in [-0.15, -0.1) is 0 Å². The minimum atomic E-state index is -0.0466. The summed E-state index contributed by atoms with van der Waals surface area (Å²) < 4.78 is 10.9. The molecule has 5 rings (SSSR count). The van der Waals surface area contributed by atoms with E-state index in [4.69, 9.17) is 20.9 Å². The topological polar surface area (TPSA) is 83.7 Å². The second kappa shape index (κ2) is 12.0. The van der Waals surface area contributed by atoms with Gasteiger partial charge in [-0.1, -0.05) is 53.2 Å². The normalized spacial score (nSPS) is 19.3. The zero-order valence-corrected chi connectivity index (χ0v) is 21.1. The second-order valence-corrected chi connectivity index (χ2v) is 9.96. The minimum Gasteiger partial charge on any atom is -0.379 e. The van der Waals surface area contributed by atoms with Gasteiger partial charge in [-0.3, -0.25) is 14.6 Å². The van der Waals surface area contributed by atoms with Crippen LogP contribution in [0.25, 0.3) is 11.4 Å². The number of rotatable bonds is 8. The van der Waals surface area contributed by atoms with Gasteiger partial charge < -0.3 is 14.6 Å². The van der Waals surface area contributed by atoms with Gasteiger partial charge in [-0.25, -0.2) is 0 Å². The quantitative estimate of drug-likeness (QED) is 0.495. The van der Waals surface area contributed by atoms with Crippen LogP contribution in [0.5, 0.6) is 0 Å². The van der Waals surface area contributed by atoms with Crippen LogP contribution in [-0.4, -0.2) is 65.2 Å². The molecule has 2 aliphatic heterocycles. The zero-order valence-electron chi connectivity index (χ0n) is 20.4. The van der Waals surface area contributed by atoms with Gasteiger partial charge >= 0.3 is 0 Å². The van der Waals surface area contributed by atoms with Crippen LogP contribution in [0.2, 0.25) is 5.02 Å². The summed E-state index contributed by atoms with van der Waals surface area (Å²) in [5, 5.41) is 7.85. The molecule has 2 aromatic carbocycles. The number of aromatic nitrogens is 2. The maximum absolute atomic E-state index is 12.9. The average molecular weight is 510 g/mol. The van der Waals surface area contributed by atoms with Crippen LogP contribution in [0.3, 0.4) is 0 Å². The van der Waals surface area contributed by atoms with Crippen molar-refractivity contribution in [3.8, 4) is 11.4 Å². The highest BCUT2D eigenvalue weighted by Crippen LogP contribution is 2.22. The molecule has 1 N–H and O–H groups in total. The van der Waals surface area contributed by atoms with Gasteiger partial charge in [0.25, 0.3) is 0 Å². The molecule has 1 unspecified atom stereocenters. The average Bonchev–Trinajstić information content (AvgIpc) is 3.37. The Labute approximate surface area is 216 Å². The van der Waals surface area contributed by atoms with Crippen molar-refractivity contribution in [3.05, 3.63) is 70.6 Å². The van der Waals surface area contributed by atoms with E-state index < -0.39 is 0 Å². The van der Waals surface area contributed by atoms with E-state index in [-0.39, 0.29) is 11.8 Å². The van der Waals surface area contributed by atoms with Crippen molar-refractivity contribution in [1.29, 1.82) is 0 Å². The van der Waals surface area contributed by atoms with E-state index in [1.807, 2.05) is 24.3 Å². The number of nitrogens with one attached hydrogen (secondary N) is 1. The Balaban J connectivity index is 1.09. The van der Waals surface area contributed by atoms with Crippen molar-refractivity contribution < 1.29 is 14.1 Å². The van der Waals surface area contributed by atoms with E-state index in [0.29, 0.717) is 36.4 Å². The molecule has 3 heterocycles. The van der Waals surface area contributed by atoms with E-state index in [2.05, 4.69) is 49.5 Å². The molecule has 2 aliphatic rings. The molecule has 8 nitrogen and oxygen atoms in total. The molecular weight excluding hydrogens is 478 g/mol. The lowest BCUT2D eigenvalue weighted by Gasteiger charge is -2.30. The van der Waals surface area contributed by atoms with E-state index >= 15 is 0 Å². The van der Waals surface area contributed by atoms with Crippen molar-refractivity contribution in [3.63, 3.8) is 0 Å². The summed E-state index contributed by atoms with van der Waals surface area (Å²) in [6, 6.07) is 15.9. The van der Waals surface area contributed by atoms with Gasteiger partial charge in [-0.2, -0.15) is 4.98 Å². The number of halogens is 1. The number of piperidine rings is 1.